The van der Waals surface area contributed by atoms with Crippen molar-refractivity contribution in [1.82, 2.24) is 9.29 Å². The number of nitriles is 1. The molecule has 2 heterocycles. The van der Waals surface area contributed by atoms with Gasteiger partial charge in [-0.15, -0.1) is 6.42 Å². The molecule has 0 radical (unpaired) electrons. The molecule has 0 saturated carbocycles. The molecule has 2 aromatic rings. The number of aromatic nitrogens is 1. The molecule has 1 aromatic heterocycles. The molecule has 1 aromatic carbocycles. The topological polar surface area (TPSA) is 133 Å². The predicted octanol–water partition coefficient (Wildman–Crippen LogP) is 1.25. The average molecular weight is 486 g/mol. The highest BCUT2D eigenvalue weighted by Gasteiger charge is 2.60. The van der Waals surface area contributed by atoms with E-state index in [0.29, 0.717) is 0 Å². The van der Waals surface area contributed by atoms with Crippen molar-refractivity contribution < 1.29 is 40.6 Å². The van der Waals surface area contributed by atoms with Crippen molar-refractivity contribution in [3.63, 3.8) is 0 Å². The second-order valence-electron chi connectivity index (χ2n) is 6.94. The largest absolute Gasteiger partial charge is 0.488 e. The van der Waals surface area contributed by atoms with Crippen LogP contribution in [0.3, 0.4) is 0 Å². The third-order valence-corrected chi connectivity index (χ3v) is 6.26. The van der Waals surface area contributed by atoms with Gasteiger partial charge in [-0.05, 0) is 18.2 Å². The first-order chi connectivity index (χ1) is 15.2. The number of alkyl halides is 3. The maximum atomic E-state index is 13.5. The maximum absolute atomic E-state index is 13.5. The van der Waals surface area contributed by atoms with Crippen LogP contribution in [-0.4, -0.2) is 48.4 Å². The number of hydrogen-bond donors (Lipinski definition) is 3. The molecular weight excluding hydrogens is 472 g/mol. The number of aliphatic hydroxyl groups is 1. The van der Waals surface area contributed by atoms with Crippen LogP contribution in [0.5, 0.6) is 5.75 Å². The number of rotatable bonds is 3. The number of sulfonamides is 1. The first kappa shape index (κ1) is 24.1. The molecule has 0 spiro atoms. The predicted molar refractivity (Wildman–Crippen MR) is 104 cm³/mol. The summed E-state index contributed by atoms with van der Waals surface area (Å²) in [4.78, 5) is 12.1. The van der Waals surface area contributed by atoms with Gasteiger partial charge in [0.15, 0.2) is 11.4 Å². The summed E-state index contributed by atoms with van der Waals surface area (Å²) in [6.45, 7) is -1.06. The number of nitrogens with one attached hydrogen (secondary N) is 2. The molecule has 0 bridgehead atoms. The van der Waals surface area contributed by atoms with Crippen molar-refractivity contribution in [3.05, 3.63) is 41.5 Å². The Kier molecular flexibility index (Phi) is 5.89. The molecule has 3 rings (SSSR count). The number of carbonyl (C=O) groups excluding carboxylic acids is 1. The van der Waals surface area contributed by atoms with Crippen molar-refractivity contribution >= 4 is 21.6 Å². The maximum Gasteiger partial charge on any atom is 0.430 e. The normalized spacial score (nSPS) is 19.1. The third kappa shape index (κ3) is 4.11. The number of hydrogen-bond acceptors (Lipinski definition) is 6. The smallest absolute Gasteiger partial charge is 0.430 e. The number of aryl methyl sites for hydroxylation is 1. The molecule has 14 heteroatoms. The van der Waals surface area contributed by atoms with Crippen molar-refractivity contribution in [3.8, 4) is 24.2 Å². The van der Waals surface area contributed by atoms with E-state index in [1.807, 2.05) is 0 Å². The summed E-state index contributed by atoms with van der Waals surface area (Å²) in [7, 11) is -3.45. The summed E-state index contributed by atoms with van der Waals surface area (Å²) < 4.78 is 86.8. The fourth-order valence-electron chi connectivity index (χ4n) is 3.09. The Hall–Kier alpha value is -3.59. The van der Waals surface area contributed by atoms with Gasteiger partial charge in [-0.1, -0.05) is 5.92 Å². The van der Waals surface area contributed by atoms with Crippen LogP contribution in [0.4, 0.5) is 23.2 Å². The Morgan fingerprint density at radius 1 is 1.42 bits per heavy atom. The van der Waals surface area contributed by atoms with Crippen molar-refractivity contribution in [1.29, 1.82) is 5.26 Å². The number of nitrogens with zero attached hydrogens (tertiary/aromatic N) is 2. The second-order valence-corrected chi connectivity index (χ2v) is 8.62. The Balaban J connectivity index is 2.01. The first-order valence-electron chi connectivity index (χ1n) is 8.87. The third-order valence-electron chi connectivity index (χ3n) is 4.80. The van der Waals surface area contributed by atoms with Crippen molar-refractivity contribution in [2.24, 2.45) is 7.05 Å². The molecule has 174 valence electrons. The van der Waals surface area contributed by atoms with Gasteiger partial charge in [0.2, 0.25) is 15.6 Å². The zero-order valence-corrected chi connectivity index (χ0v) is 17.4. The number of carbonyl (C=O) groups is 1. The summed E-state index contributed by atoms with van der Waals surface area (Å²) in [5, 5.41) is 21.2. The number of ether oxygens (including phenoxy) is 1. The van der Waals surface area contributed by atoms with Gasteiger partial charge in [-0.3, -0.25) is 4.79 Å². The van der Waals surface area contributed by atoms with E-state index in [4.69, 9.17) is 16.4 Å². The highest BCUT2D eigenvalue weighted by atomic mass is 32.2. The minimum Gasteiger partial charge on any atom is -0.488 e. The number of benzene rings is 1. The molecule has 1 aliphatic heterocycles. The monoisotopic (exact) mass is 486 g/mol. The Morgan fingerprint density at radius 2 is 2.09 bits per heavy atom. The van der Waals surface area contributed by atoms with E-state index >= 15 is 0 Å². The van der Waals surface area contributed by atoms with Crippen LogP contribution in [0.1, 0.15) is 16.1 Å². The number of anilines is 1. The molecule has 1 amide bonds. The Bertz CT molecular complexity index is 1320. The van der Waals surface area contributed by atoms with Gasteiger partial charge >= 0.3 is 6.18 Å². The minimum absolute atomic E-state index is 0.0147. The zero-order chi connectivity index (χ0) is 24.8. The van der Waals surface area contributed by atoms with Crippen LogP contribution >= 0.6 is 0 Å². The Morgan fingerprint density at radius 3 is 2.67 bits per heavy atom. The lowest BCUT2D eigenvalue weighted by Crippen LogP contribution is -2.61. The molecule has 2 unspecified atom stereocenters. The molecule has 9 nitrogen and oxygen atoms in total. The van der Waals surface area contributed by atoms with Crippen LogP contribution < -0.4 is 14.8 Å². The van der Waals surface area contributed by atoms with Crippen molar-refractivity contribution in [2.45, 2.75) is 22.7 Å². The van der Waals surface area contributed by atoms with Gasteiger partial charge in [-0.25, -0.2) is 17.5 Å². The molecule has 0 fully saturated rings. The lowest BCUT2D eigenvalue weighted by atomic mass is 9.95. The lowest BCUT2D eigenvalue weighted by molar-refractivity contribution is -0.245. The summed E-state index contributed by atoms with van der Waals surface area (Å²) in [5.41, 5.74) is -4.69. The summed E-state index contributed by atoms with van der Waals surface area (Å²) in [5.74, 6) is -1.24. The van der Waals surface area contributed by atoms with Gasteiger partial charge in [-0.2, -0.15) is 18.4 Å². The standard InChI is InChI=1S/C19H14F4N4O5S/c1-3-18(29,19(21,22)23)14-9-32-16-13(33(30,31)26-14)8-27(2)15(16)17(28)25-11-4-5-12(20)10(6-11)7-24/h1,4-6,8,14,26,29H,9H2,2H3,(H,25,28). The molecule has 33 heavy (non-hydrogen) atoms. The molecule has 2 atom stereocenters. The van der Waals surface area contributed by atoms with Crippen LogP contribution in [0, 0.1) is 29.5 Å². The molecule has 3 N–H and O–H groups in total. The van der Waals surface area contributed by atoms with E-state index in [1.165, 1.54) is 7.05 Å². The fraction of sp³-hybridized carbons (Fsp3) is 0.263. The SMILES string of the molecule is C#CC(O)(C1COc2c(cn(C)c2C(=O)Nc2ccc(F)c(C#N)c2)S(=O)(=O)N1)C(F)(F)F. The zero-order valence-electron chi connectivity index (χ0n) is 16.6. The van der Waals surface area contributed by atoms with Gasteiger partial charge in [0.05, 0.1) is 5.56 Å². The molecular formula is C19H14F4N4O5S. The quantitative estimate of drug-likeness (QED) is 0.442. The number of fused-ring (bicyclic) bond motifs is 1. The number of halogens is 4. The minimum atomic E-state index is -5.40. The van der Waals surface area contributed by atoms with Gasteiger partial charge in [0, 0.05) is 18.9 Å². The molecule has 0 saturated heterocycles. The Labute approximate surface area is 184 Å². The van der Waals surface area contributed by atoms with Crippen LogP contribution in [0.15, 0.2) is 29.3 Å². The summed E-state index contributed by atoms with van der Waals surface area (Å²) in [6.07, 6.45) is 0.353. The van der Waals surface area contributed by atoms with E-state index in [9.17, 15) is 35.9 Å². The van der Waals surface area contributed by atoms with E-state index in [-0.39, 0.29) is 11.3 Å². The van der Waals surface area contributed by atoms with Gasteiger partial charge in [0.1, 0.15) is 29.4 Å². The van der Waals surface area contributed by atoms with Crippen LogP contribution in [0.2, 0.25) is 0 Å². The average Bonchev–Trinajstić information content (AvgIpc) is 3.01. The van der Waals surface area contributed by atoms with E-state index < -0.39 is 62.5 Å². The van der Waals surface area contributed by atoms with Crippen molar-refractivity contribution in [2.75, 3.05) is 11.9 Å². The lowest BCUT2D eigenvalue weighted by Gasteiger charge is -2.32. The molecule has 1 aliphatic rings. The summed E-state index contributed by atoms with van der Waals surface area (Å²) in [6, 6.07) is 2.35. The number of amides is 1. The van der Waals surface area contributed by atoms with E-state index in [2.05, 4.69) is 5.32 Å². The fourth-order valence-corrected chi connectivity index (χ4v) is 4.52. The number of terminal acetylenes is 1. The first-order valence-corrected chi connectivity index (χ1v) is 10.4. The summed E-state index contributed by atoms with van der Waals surface area (Å²) >= 11 is 0. The van der Waals surface area contributed by atoms with Crippen LogP contribution in [0.25, 0.3) is 0 Å². The van der Waals surface area contributed by atoms with E-state index in [1.54, 1.807) is 10.8 Å². The van der Waals surface area contributed by atoms with E-state index in [0.717, 1.165) is 34.9 Å². The highest BCUT2D eigenvalue weighted by Crippen LogP contribution is 2.38. The van der Waals surface area contributed by atoms with Gasteiger partial charge < -0.3 is 19.7 Å². The molecule has 0 aliphatic carbocycles. The second kappa shape index (κ2) is 8.08. The highest BCUT2D eigenvalue weighted by molar-refractivity contribution is 7.89. The van der Waals surface area contributed by atoms with Gasteiger partial charge in [0.25, 0.3) is 5.91 Å². The van der Waals surface area contributed by atoms with Crippen LogP contribution in [-0.2, 0) is 17.1 Å².